The van der Waals surface area contributed by atoms with Crippen LogP contribution in [0.3, 0.4) is 0 Å². The van der Waals surface area contributed by atoms with Crippen LogP contribution in [0.1, 0.15) is 72.6 Å². The number of carbonyl (C=O) groups excluding carboxylic acids is 1. The molecule has 0 bridgehead atoms. The summed E-state index contributed by atoms with van der Waals surface area (Å²) >= 11 is 0. The summed E-state index contributed by atoms with van der Waals surface area (Å²) in [4.78, 5) is 16.9. The number of amides is 1. The number of nitrogens with zero attached hydrogens (tertiary/aromatic N) is 2. The van der Waals surface area contributed by atoms with E-state index in [1.807, 2.05) is 13.8 Å². The van der Waals surface area contributed by atoms with Gasteiger partial charge >= 0.3 is 0 Å². The first-order valence-corrected chi connectivity index (χ1v) is 9.93. The zero-order chi connectivity index (χ0) is 16.9. The van der Waals surface area contributed by atoms with Gasteiger partial charge in [-0.2, -0.15) is 0 Å². The minimum absolute atomic E-state index is 0.150. The van der Waals surface area contributed by atoms with Crippen molar-refractivity contribution in [3.8, 4) is 0 Å². The molecule has 0 N–H and O–H groups in total. The lowest BCUT2D eigenvalue weighted by atomic mass is 9.71. The Bertz CT molecular complexity index is 360. The maximum atomic E-state index is 12.1. The van der Waals surface area contributed by atoms with E-state index in [4.69, 9.17) is 0 Å². The van der Waals surface area contributed by atoms with Gasteiger partial charge in [-0.05, 0) is 63.1 Å². The molecule has 2 aliphatic heterocycles. The Balaban J connectivity index is 1.67. The predicted octanol–water partition coefficient (Wildman–Crippen LogP) is 4.17. The average molecular weight is 323 g/mol. The van der Waals surface area contributed by atoms with Gasteiger partial charge in [0.05, 0.1) is 0 Å². The summed E-state index contributed by atoms with van der Waals surface area (Å²) in [5.41, 5.74) is 0.544. The van der Waals surface area contributed by atoms with Crippen molar-refractivity contribution in [1.29, 1.82) is 0 Å². The largest absolute Gasteiger partial charge is 0.342 e. The van der Waals surface area contributed by atoms with Crippen molar-refractivity contribution >= 4 is 5.91 Å². The van der Waals surface area contributed by atoms with E-state index >= 15 is 0 Å². The van der Waals surface area contributed by atoms with Gasteiger partial charge in [-0.3, -0.25) is 4.79 Å². The number of rotatable bonds is 6. The van der Waals surface area contributed by atoms with Gasteiger partial charge in [-0.25, -0.2) is 0 Å². The molecule has 3 heteroatoms. The topological polar surface area (TPSA) is 23.6 Å². The van der Waals surface area contributed by atoms with Crippen molar-refractivity contribution in [3.63, 3.8) is 0 Å². The number of unbranched alkanes of at least 4 members (excludes halogenated alkanes) is 1. The van der Waals surface area contributed by atoms with E-state index in [9.17, 15) is 4.79 Å². The highest BCUT2D eigenvalue weighted by Gasteiger charge is 2.38. The molecular weight excluding hydrogens is 284 g/mol. The van der Waals surface area contributed by atoms with Crippen LogP contribution in [0.2, 0.25) is 0 Å². The molecule has 0 unspecified atom stereocenters. The monoisotopic (exact) mass is 322 g/mol. The number of likely N-dealkylation sites (tertiary alicyclic amines) is 2. The fraction of sp³-hybridized carbons (Fsp3) is 0.950. The van der Waals surface area contributed by atoms with Gasteiger partial charge in [0.1, 0.15) is 0 Å². The Morgan fingerprint density at radius 2 is 1.48 bits per heavy atom. The summed E-state index contributed by atoms with van der Waals surface area (Å²) < 4.78 is 0. The van der Waals surface area contributed by atoms with Crippen molar-refractivity contribution in [3.05, 3.63) is 0 Å². The molecule has 2 aliphatic rings. The van der Waals surface area contributed by atoms with Crippen molar-refractivity contribution in [2.24, 2.45) is 17.3 Å². The smallest absolute Gasteiger partial charge is 0.225 e. The van der Waals surface area contributed by atoms with E-state index in [0.717, 1.165) is 19.0 Å². The molecule has 0 atom stereocenters. The molecule has 0 saturated carbocycles. The van der Waals surface area contributed by atoms with Gasteiger partial charge in [0.15, 0.2) is 0 Å². The summed E-state index contributed by atoms with van der Waals surface area (Å²) in [5.74, 6) is 1.34. The van der Waals surface area contributed by atoms with Crippen LogP contribution in [0, 0.1) is 17.3 Å². The predicted molar refractivity (Wildman–Crippen MR) is 97.4 cm³/mol. The Labute approximate surface area is 143 Å². The molecule has 2 rings (SSSR count). The molecule has 2 saturated heterocycles. The molecule has 2 heterocycles. The van der Waals surface area contributed by atoms with Crippen molar-refractivity contribution in [2.45, 2.75) is 72.6 Å². The van der Waals surface area contributed by atoms with E-state index < -0.39 is 0 Å². The lowest BCUT2D eigenvalue weighted by Crippen LogP contribution is -2.49. The fourth-order valence-electron chi connectivity index (χ4n) is 4.21. The van der Waals surface area contributed by atoms with Crippen LogP contribution >= 0.6 is 0 Å². The van der Waals surface area contributed by atoms with Crippen LogP contribution in [0.15, 0.2) is 0 Å². The van der Waals surface area contributed by atoms with E-state index in [2.05, 4.69) is 23.6 Å². The lowest BCUT2D eigenvalue weighted by molar-refractivity contribution is -0.137. The Hall–Kier alpha value is -0.570. The van der Waals surface area contributed by atoms with E-state index in [0.29, 0.717) is 11.3 Å². The van der Waals surface area contributed by atoms with Gasteiger partial charge in [0.2, 0.25) is 5.91 Å². The molecule has 2 fully saturated rings. The second-order valence-corrected chi connectivity index (χ2v) is 8.71. The molecule has 23 heavy (non-hydrogen) atoms. The molecule has 0 aromatic heterocycles. The molecule has 0 radical (unpaired) electrons. The van der Waals surface area contributed by atoms with Gasteiger partial charge < -0.3 is 9.80 Å². The molecule has 0 aliphatic carbocycles. The van der Waals surface area contributed by atoms with Crippen LogP contribution in [0.4, 0.5) is 0 Å². The van der Waals surface area contributed by atoms with Crippen LogP contribution in [0.25, 0.3) is 0 Å². The standard InChI is InChI=1S/C20H38N2O/c1-17(2)7-5-6-12-21-13-8-20(9-14-21)10-15-22(16-11-20)19(23)18(3)4/h17-18H,5-16H2,1-4H3. The zero-order valence-electron chi connectivity index (χ0n) is 15.9. The minimum Gasteiger partial charge on any atom is -0.342 e. The third-order valence-electron chi connectivity index (χ3n) is 6.05. The van der Waals surface area contributed by atoms with Gasteiger partial charge in [0.25, 0.3) is 0 Å². The number of hydrogen-bond donors (Lipinski definition) is 0. The van der Waals surface area contributed by atoms with Gasteiger partial charge in [0, 0.05) is 19.0 Å². The first kappa shape index (κ1) is 18.8. The van der Waals surface area contributed by atoms with Gasteiger partial charge in [-0.1, -0.05) is 40.5 Å². The van der Waals surface area contributed by atoms with Crippen molar-refractivity contribution < 1.29 is 4.79 Å². The summed E-state index contributed by atoms with van der Waals surface area (Å²) in [7, 11) is 0. The number of hydrogen-bond acceptors (Lipinski definition) is 2. The summed E-state index contributed by atoms with van der Waals surface area (Å²) in [6, 6.07) is 0. The molecule has 134 valence electrons. The SMILES string of the molecule is CC(C)CCCCN1CCC2(CC1)CCN(C(=O)C(C)C)CC2. The number of piperidine rings is 2. The Morgan fingerprint density at radius 3 is 2.00 bits per heavy atom. The highest BCUT2D eigenvalue weighted by atomic mass is 16.2. The van der Waals surface area contributed by atoms with Crippen molar-refractivity contribution in [2.75, 3.05) is 32.7 Å². The quantitative estimate of drug-likeness (QED) is 0.685. The minimum atomic E-state index is 0.150. The molecular formula is C20H38N2O. The van der Waals surface area contributed by atoms with E-state index in [-0.39, 0.29) is 5.92 Å². The molecule has 0 aromatic rings. The second-order valence-electron chi connectivity index (χ2n) is 8.71. The van der Waals surface area contributed by atoms with Gasteiger partial charge in [-0.15, -0.1) is 0 Å². The first-order valence-electron chi connectivity index (χ1n) is 9.93. The van der Waals surface area contributed by atoms with E-state index in [1.165, 1.54) is 64.6 Å². The first-order chi connectivity index (χ1) is 10.9. The lowest BCUT2D eigenvalue weighted by Gasteiger charge is -2.47. The summed E-state index contributed by atoms with van der Waals surface area (Å²) in [5, 5.41) is 0. The Morgan fingerprint density at radius 1 is 0.913 bits per heavy atom. The molecule has 1 spiro atoms. The normalized spacial score (nSPS) is 22.3. The van der Waals surface area contributed by atoms with E-state index in [1.54, 1.807) is 0 Å². The maximum absolute atomic E-state index is 12.1. The maximum Gasteiger partial charge on any atom is 0.225 e. The Kier molecular flexibility index (Phi) is 6.94. The van der Waals surface area contributed by atoms with Crippen LogP contribution in [-0.2, 0) is 4.79 Å². The highest BCUT2D eigenvalue weighted by molar-refractivity contribution is 5.78. The third kappa shape index (κ3) is 5.48. The van der Waals surface area contributed by atoms with Crippen LogP contribution < -0.4 is 0 Å². The fourth-order valence-corrected chi connectivity index (χ4v) is 4.21. The third-order valence-corrected chi connectivity index (χ3v) is 6.05. The molecule has 1 amide bonds. The summed E-state index contributed by atoms with van der Waals surface area (Å²) in [6.07, 6.45) is 9.27. The molecule has 0 aromatic carbocycles. The molecule has 3 nitrogen and oxygen atoms in total. The summed E-state index contributed by atoms with van der Waals surface area (Å²) in [6.45, 7) is 14.5. The average Bonchev–Trinajstić information content (AvgIpc) is 2.53. The number of carbonyl (C=O) groups is 1. The van der Waals surface area contributed by atoms with Crippen molar-refractivity contribution in [1.82, 2.24) is 9.80 Å². The van der Waals surface area contributed by atoms with Crippen LogP contribution in [0.5, 0.6) is 0 Å². The second kappa shape index (κ2) is 8.50. The zero-order valence-corrected chi connectivity index (χ0v) is 15.9. The highest BCUT2D eigenvalue weighted by Crippen LogP contribution is 2.41. The van der Waals surface area contributed by atoms with Crippen LogP contribution in [-0.4, -0.2) is 48.4 Å².